The second-order valence-corrected chi connectivity index (χ2v) is 5.44. The average molecular weight is 331 g/mol. The van der Waals surface area contributed by atoms with Crippen LogP contribution in [0.25, 0.3) is 11.6 Å². The Morgan fingerprint density at radius 1 is 1.17 bits per heavy atom. The number of carboxylic acid groups (broad SMARTS) is 1. The van der Waals surface area contributed by atoms with Crippen molar-refractivity contribution in [3.8, 4) is 5.75 Å². The predicted molar refractivity (Wildman–Crippen MR) is 93.9 cm³/mol. The molecule has 0 fully saturated rings. The summed E-state index contributed by atoms with van der Waals surface area (Å²) in [5, 5.41) is 9.96. The van der Waals surface area contributed by atoms with Crippen LogP contribution in [0.4, 0.5) is 0 Å². The first kappa shape index (κ1) is 17.1. The minimum Gasteiger partial charge on any atom is -0.492 e. The van der Waals surface area contributed by atoms with E-state index in [9.17, 15) is 9.90 Å². The third-order valence-corrected chi connectivity index (χ3v) is 3.77. The highest BCUT2D eigenvalue weighted by molar-refractivity contribution is 6.32. The van der Waals surface area contributed by atoms with Crippen LogP contribution in [0.5, 0.6) is 5.75 Å². The van der Waals surface area contributed by atoms with E-state index in [-0.39, 0.29) is 5.57 Å². The fourth-order valence-electron chi connectivity index (χ4n) is 2.23. The molecule has 3 nitrogen and oxygen atoms in total. The number of halogens is 1. The number of rotatable bonds is 6. The van der Waals surface area contributed by atoms with Crippen molar-refractivity contribution in [3.63, 3.8) is 0 Å². The molecule has 120 valence electrons. The third kappa shape index (κ3) is 4.36. The number of hydrogen-bond acceptors (Lipinski definition) is 2. The van der Waals surface area contributed by atoms with Gasteiger partial charge in [0.05, 0.1) is 17.2 Å². The maximum atomic E-state index is 11.6. The molecule has 0 aliphatic heterocycles. The molecule has 2 aromatic rings. The predicted octanol–water partition coefficient (Wildman–Crippen LogP) is 4.93. The van der Waals surface area contributed by atoms with Crippen LogP contribution in [-0.4, -0.2) is 17.7 Å². The molecular formula is C19H19ClO3. The van der Waals surface area contributed by atoms with E-state index in [1.165, 1.54) is 5.56 Å². The molecule has 2 rings (SSSR count). The summed E-state index contributed by atoms with van der Waals surface area (Å²) in [6, 6.07) is 12.8. The number of carbonyl (C=O) groups is 1. The largest absolute Gasteiger partial charge is 0.492 e. The molecule has 0 saturated heterocycles. The minimum atomic E-state index is -0.973. The highest BCUT2D eigenvalue weighted by atomic mass is 35.5. The number of carboxylic acids is 1. The summed E-state index contributed by atoms with van der Waals surface area (Å²) in [6.45, 7) is 4.47. The molecule has 0 radical (unpaired) electrons. The van der Waals surface area contributed by atoms with Gasteiger partial charge in [-0.3, -0.25) is 0 Å². The molecule has 0 spiro atoms. The van der Waals surface area contributed by atoms with Crippen LogP contribution in [0, 0.1) is 0 Å². The average Bonchev–Trinajstić information content (AvgIpc) is 2.55. The van der Waals surface area contributed by atoms with Crippen LogP contribution in [0.15, 0.2) is 42.5 Å². The lowest BCUT2D eigenvalue weighted by molar-refractivity contribution is -0.130. The molecule has 0 heterocycles. The third-order valence-electron chi connectivity index (χ3n) is 3.47. The van der Waals surface area contributed by atoms with E-state index in [1.807, 2.05) is 31.2 Å². The van der Waals surface area contributed by atoms with Gasteiger partial charge >= 0.3 is 5.97 Å². The summed E-state index contributed by atoms with van der Waals surface area (Å²) < 4.78 is 5.39. The normalized spacial score (nSPS) is 11.3. The number of aliphatic carboxylic acids is 1. The van der Waals surface area contributed by atoms with E-state index in [0.717, 1.165) is 12.0 Å². The smallest absolute Gasteiger partial charge is 0.336 e. The van der Waals surface area contributed by atoms with E-state index >= 15 is 0 Å². The maximum absolute atomic E-state index is 11.6. The quantitative estimate of drug-likeness (QED) is 0.603. The van der Waals surface area contributed by atoms with Gasteiger partial charge in [-0.25, -0.2) is 4.79 Å². The van der Waals surface area contributed by atoms with Gasteiger partial charge in [0.15, 0.2) is 0 Å². The zero-order chi connectivity index (χ0) is 16.8. The molecule has 0 bridgehead atoms. The molecule has 23 heavy (non-hydrogen) atoms. The van der Waals surface area contributed by atoms with Crippen molar-refractivity contribution in [2.75, 3.05) is 6.61 Å². The Morgan fingerprint density at radius 3 is 2.39 bits per heavy atom. The summed E-state index contributed by atoms with van der Waals surface area (Å²) in [4.78, 5) is 11.6. The summed E-state index contributed by atoms with van der Waals surface area (Å²) in [6.07, 6.45) is 2.53. The Balaban J connectivity index is 2.38. The standard InChI is InChI=1S/C19H19ClO3/c1-3-13-5-8-15(9-6-13)16(19(21)22)11-14-7-10-18(23-4-2)17(20)12-14/h5-12H,3-4H2,1-2H3,(H,21,22)/b16-11-. The van der Waals surface area contributed by atoms with Gasteiger partial charge in [0, 0.05) is 0 Å². The highest BCUT2D eigenvalue weighted by Gasteiger charge is 2.11. The fourth-order valence-corrected chi connectivity index (χ4v) is 2.48. The zero-order valence-electron chi connectivity index (χ0n) is 13.2. The van der Waals surface area contributed by atoms with Gasteiger partial charge in [0.1, 0.15) is 5.75 Å². The van der Waals surface area contributed by atoms with Crippen molar-refractivity contribution < 1.29 is 14.6 Å². The summed E-state index contributed by atoms with van der Waals surface area (Å²) in [7, 11) is 0. The van der Waals surface area contributed by atoms with Crippen molar-refractivity contribution in [3.05, 3.63) is 64.2 Å². The van der Waals surface area contributed by atoms with Crippen LogP contribution in [-0.2, 0) is 11.2 Å². The van der Waals surface area contributed by atoms with Crippen LogP contribution in [0.1, 0.15) is 30.5 Å². The SMILES string of the molecule is CCOc1ccc(/C=C(\C(=O)O)c2ccc(CC)cc2)cc1Cl. The van der Waals surface area contributed by atoms with Crippen molar-refractivity contribution in [1.29, 1.82) is 0 Å². The maximum Gasteiger partial charge on any atom is 0.336 e. The molecule has 0 unspecified atom stereocenters. The first-order valence-electron chi connectivity index (χ1n) is 7.51. The van der Waals surface area contributed by atoms with Gasteiger partial charge in [0.25, 0.3) is 0 Å². The number of benzene rings is 2. The Labute approximate surface area is 141 Å². The second-order valence-electron chi connectivity index (χ2n) is 5.04. The molecule has 0 atom stereocenters. The van der Waals surface area contributed by atoms with E-state index < -0.39 is 5.97 Å². The number of ether oxygens (including phenoxy) is 1. The lowest BCUT2D eigenvalue weighted by Crippen LogP contribution is -2.00. The molecule has 4 heteroatoms. The first-order chi connectivity index (χ1) is 11.0. The van der Waals surface area contributed by atoms with E-state index in [2.05, 4.69) is 6.92 Å². The van der Waals surface area contributed by atoms with Gasteiger partial charge in [-0.1, -0.05) is 48.9 Å². The van der Waals surface area contributed by atoms with E-state index in [1.54, 1.807) is 24.3 Å². The van der Waals surface area contributed by atoms with Gasteiger partial charge in [0.2, 0.25) is 0 Å². The molecule has 0 aliphatic rings. The van der Waals surface area contributed by atoms with Crippen LogP contribution in [0.3, 0.4) is 0 Å². The number of aryl methyl sites for hydroxylation is 1. The fraction of sp³-hybridized carbons (Fsp3) is 0.211. The zero-order valence-corrected chi connectivity index (χ0v) is 13.9. The minimum absolute atomic E-state index is 0.230. The van der Waals surface area contributed by atoms with Crippen molar-refractivity contribution >= 4 is 29.2 Å². The lowest BCUT2D eigenvalue weighted by Gasteiger charge is -2.08. The summed E-state index contributed by atoms with van der Waals surface area (Å²) >= 11 is 6.16. The van der Waals surface area contributed by atoms with Gasteiger partial charge in [-0.15, -0.1) is 0 Å². The molecular weight excluding hydrogens is 312 g/mol. The molecule has 0 aromatic heterocycles. The van der Waals surface area contributed by atoms with Gasteiger partial charge in [-0.2, -0.15) is 0 Å². The summed E-state index contributed by atoms with van der Waals surface area (Å²) in [5.41, 5.74) is 2.78. The molecule has 0 amide bonds. The van der Waals surface area contributed by atoms with E-state index in [0.29, 0.717) is 22.9 Å². The summed E-state index contributed by atoms with van der Waals surface area (Å²) in [5.74, 6) is -0.380. The van der Waals surface area contributed by atoms with Crippen LogP contribution < -0.4 is 4.74 Å². The molecule has 0 aliphatic carbocycles. The second kappa shape index (κ2) is 7.84. The van der Waals surface area contributed by atoms with E-state index in [4.69, 9.17) is 16.3 Å². The topological polar surface area (TPSA) is 46.5 Å². The van der Waals surface area contributed by atoms with Crippen LogP contribution in [0.2, 0.25) is 5.02 Å². The Kier molecular flexibility index (Phi) is 5.83. The van der Waals surface area contributed by atoms with Crippen molar-refractivity contribution in [1.82, 2.24) is 0 Å². The van der Waals surface area contributed by atoms with Gasteiger partial charge < -0.3 is 9.84 Å². The Morgan fingerprint density at radius 2 is 1.87 bits per heavy atom. The van der Waals surface area contributed by atoms with Crippen molar-refractivity contribution in [2.45, 2.75) is 20.3 Å². The van der Waals surface area contributed by atoms with Gasteiger partial charge in [-0.05, 0) is 48.2 Å². The highest BCUT2D eigenvalue weighted by Crippen LogP contribution is 2.28. The molecule has 1 N–H and O–H groups in total. The molecule has 2 aromatic carbocycles. The molecule has 0 saturated carbocycles. The Hall–Kier alpha value is -2.26. The monoisotopic (exact) mass is 330 g/mol. The van der Waals surface area contributed by atoms with Crippen molar-refractivity contribution in [2.24, 2.45) is 0 Å². The first-order valence-corrected chi connectivity index (χ1v) is 7.89. The number of hydrogen-bond donors (Lipinski definition) is 1. The lowest BCUT2D eigenvalue weighted by atomic mass is 10.0. The Bertz CT molecular complexity index is 718. The van der Waals surface area contributed by atoms with Crippen LogP contribution >= 0.6 is 11.6 Å².